The molecule has 0 bridgehead atoms. The van der Waals surface area contributed by atoms with Crippen molar-refractivity contribution >= 4 is 42.2 Å². The van der Waals surface area contributed by atoms with E-state index in [1.54, 1.807) is 0 Å². The molecule has 2 heterocycles. The summed E-state index contributed by atoms with van der Waals surface area (Å²) < 4.78 is 0. The lowest BCUT2D eigenvalue weighted by Crippen LogP contribution is -2.29. The second-order valence-corrected chi connectivity index (χ2v) is 4.89. The summed E-state index contributed by atoms with van der Waals surface area (Å²) >= 11 is 0. The number of nitrogens with one attached hydrogen (secondary N) is 1. The summed E-state index contributed by atoms with van der Waals surface area (Å²) in [6.45, 7) is 2.74. The predicted molar refractivity (Wildman–Crippen MR) is 91.7 cm³/mol. The van der Waals surface area contributed by atoms with Crippen LogP contribution in [0, 0.1) is 0 Å². The summed E-state index contributed by atoms with van der Waals surface area (Å²) in [4.78, 5) is 18.2. The van der Waals surface area contributed by atoms with Gasteiger partial charge in [0.25, 0.3) is 0 Å². The van der Waals surface area contributed by atoms with Crippen LogP contribution in [-0.4, -0.2) is 30.5 Å². The number of piperidine rings is 1. The molecule has 1 aliphatic heterocycles. The molecular formula is C14H24Cl2N4O. The average Bonchev–Trinajstić information content (AvgIpc) is 2.47. The highest BCUT2D eigenvalue weighted by atomic mass is 35.5. The standard InChI is InChI=1S/C14H22N4O.2ClH/c15-8-4-5-14(19)17-13-7-6-12(11-16-13)18-9-2-1-3-10-18;;/h6-7,11H,1-5,8-10,15H2,(H,16,17,19);2*1H. The minimum Gasteiger partial charge on any atom is -0.370 e. The number of carbonyl (C=O) groups excluding carboxylic acids is 1. The molecule has 2 rings (SSSR count). The first-order valence-corrected chi connectivity index (χ1v) is 7.00. The predicted octanol–water partition coefficient (Wildman–Crippen LogP) is 2.59. The zero-order chi connectivity index (χ0) is 13.5. The Hall–Kier alpha value is -1.04. The first-order valence-electron chi connectivity index (χ1n) is 7.00. The number of aromatic nitrogens is 1. The Bertz CT molecular complexity index is 408. The highest BCUT2D eigenvalue weighted by Crippen LogP contribution is 2.19. The van der Waals surface area contributed by atoms with E-state index in [0.717, 1.165) is 18.8 Å². The molecule has 0 atom stereocenters. The van der Waals surface area contributed by atoms with Gasteiger partial charge in [-0.15, -0.1) is 24.8 Å². The molecule has 5 nitrogen and oxygen atoms in total. The summed E-state index contributed by atoms with van der Waals surface area (Å²) in [6.07, 6.45) is 6.81. The molecule has 1 amide bonds. The van der Waals surface area contributed by atoms with Gasteiger partial charge in [0.2, 0.25) is 5.91 Å². The lowest BCUT2D eigenvalue weighted by Gasteiger charge is -2.28. The van der Waals surface area contributed by atoms with E-state index in [-0.39, 0.29) is 30.7 Å². The van der Waals surface area contributed by atoms with Crippen LogP contribution in [0.25, 0.3) is 0 Å². The number of nitrogens with two attached hydrogens (primary N) is 1. The maximum absolute atomic E-state index is 11.5. The van der Waals surface area contributed by atoms with Gasteiger partial charge in [-0.25, -0.2) is 4.98 Å². The Kier molecular flexibility index (Phi) is 10.1. The van der Waals surface area contributed by atoms with Crippen LogP contribution in [0.15, 0.2) is 18.3 Å². The molecule has 1 aliphatic rings. The number of halogens is 2. The molecule has 3 N–H and O–H groups in total. The minimum absolute atomic E-state index is 0. The molecule has 0 aromatic carbocycles. The largest absolute Gasteiger partial charge is 0.370 e. The Balaban J connectivity index is 0.00000200. The lowest BCUT2D eigenvalue weighted by atomic mass is 10.1. The number of hydrogen-bond acceptors (Lipinski definition) is 4. The zero-order valence-corrected chi connectivity index (χ0v) is 13.7. The molecular weight excluding hydrogens is 311 g/mol. The first-order chi connectivity index (χ1) is 9.29. The van der Waals surface area contributed by atoms with Crippen molar-refractivity contribution in [3.63, 3.8) is 0 Å². The Morgan fingerprint density at radius 3 is 2.52 bits per heavy atom. The van der Waals surface area contributed by atoms with E-state index in [1.165, 1.54) is 19.3 Å². The number of carbonyl (C=O) groups is 1. The number of anilines is 2. The SMILES string of the molecule is Cl.Cl.NCCCC(=O)Nc1ccc(N2CCCCC2)cn1. The van der Waals surface area contributed by atoms with Gasteiger partial charge in [0, 0.05) is 19.5 Å². The highest BCUT2D eigenvalue weighted by molar-refractivity contribution is 5.89. The van der Waals surface area contributed by atoms with E-state index >= 15 is 0 Å². The van der Waals surface area contributed by atoms with Gasteiger partial charge in [0.15, 0.2) is 0 Å². The Morgan fingerprint density at radius 2 is 1.95 bits per heavy atom. The monoisotopic (exact) mass is 334 g/mol. The molecule has 120 valence electrons. The third-order valence-corrected chi connectivity index (χ3v) is 3.34. The van der Waals surface area contributed by atoms with Gasteiger partial charge in [-0.2, -0.15) is 0 Å². The second-order valence-electron chi connectivity index (χ2n) is 4.89. The molecule has 1 aromatic heterocycles. The van der Waals surface area contributed by atoms with Crippen molar-refractivity contribution in [2.45, 2.75) is 32.1 Å². The number of amides is 1. The van der Waals surface area contributed by atoms with Crippen LogP contribution in [0.4, 0.5) is 11.5 Å². The highest BCUT2D eigenvalue weighted by Gasteiger charge is 2.11. The van der Waals surface area contributed by atoms with E-state index in [0.29, 0.717) is 25.2 Å². The van der Waals surface area contributed by atoms with Crippen molar-refractivity contribution in [1.29, 1.82) is 0 Å². The average molecular weight is 335 g/mol. The van der Waals surface area contributed by atoms with Crippen LogP contribution >= 0.6 is 24.8 Å². The van der Waals surface area contributed by atoms with E-state index in [4.69, 9.17) is 5.73 Å². The van der Waals surface area contributed by atoms with Gasteiger partial charge in [-0.05, 0) is 44.4 Å². The smallest absolute Gasteiger partial charge is 0.225 e. The van der Waals surface area contributed by atoms with Gasteiger partial charge in [0.05, 0.1) is 11.9 Å². The summed E-state index contributed by atoms with van der Waals surface area (Å²) in [5, 5.41) is 2.78. The maximum atomic E-state index is 11.5. The number of rotatable bonds is 5. The lowest BCUT2D eigenvalue weighted by molar-refractivity contribution is -0.116. The van der Waals surface area contributed by atoms with Crippen LogP contribution in [0.2, 0.25) is 0 Å². The summed E-state index contributed by atoms with van der Waals surface area (Å²) in [6, 6.07) is 3.89. The van der Waals surface area contributed by atoms with Crippen LogP contribution < -0.4 is 16.0 Å². The summed E-state index contributed by atoms with van der Waals surface area (Å²) in [5.74, 6) is 0.589. The van der Waals surface area contributed by atoms with Crippen LogP contribution in [-0.2, 0) is 4.79 Å². The Morgan fingerprint density at radius 1 is 1.24 bits per heavy atom. The molecule has 7 heteroatoms. The van der Waals surface area contributed by atoms with E-state index < -0.39 is 0 Å². The van der Waals surface area contributed by atoms with Crippen molar-refractivity contribution < 1.29 is 4.79 Å². The van der Waals surface area contributed by atoms with Crippen molar-refractivity contribution in [2.24, 2.45) is 5.73 Å². The fourth-order valence-electron chi connectivity index (χ4n) is 2.27. The summed E-state index contributed by atoms with van der Waals surface area (Å²) in [7, 11) is 0. The van der Waals surface area contributed by atoms with E-state index in [2.05, 4.69) is 15.2 Å². The second kappa shape index (κ2) is 10.7. The topological polar surface area (TPSA) is 71.2 Å². The molecule has 0 saturated carbocycles. The zero-order valence-electron chi connectivity index (χ0n) is 12.1. The fraction of sp³-hybridized carbons (Fsp3) is 0.571. The van der Waals surface area contributed by atoms with Crippen molar-refractivity contribution in [3.8, 4) is 0 Å². The van der Waals surface area contributed by atoms with Crippen LogP contribution in [0.5, 0.6) is 0 Å². The quantitative estimate of drug-likeness (QED) is 0.868. The number of pyridine rings is 1. The minimum atomic E-state index is -0.0244. The van der Waals surface area contributed by atoms with E-state index in [1.807, 2.05) is 18.3 Å². The van der Waals surface area contributed by atoms with Crippen LogP contribution in [0.1, 0.15) is 32.1 Å². The molecule has 1 fully saturated rings. The van der Waals surface area contributed by atoms with Gasteiger partial charge in [0.1, 0.15) is 5.82 Å². The van der Waals surface area contributed by atoms with Gasteiger partial charge in [-0.1, -0.05) is 0 Å². The molecule has 1 aromatic rings. The molecule has 0 radical (unpaired) electrons. The number of hydrogen-bond donors (Lipinski definition) is 2. The molecule has 1 saturated heterocycles. The third-order valence-electron chi connectivity index (χ3n) is 3.34. The Labute approximate surface area is 138 Å². The third kappa shape index (κ3) is 6.50. The van der Waals surface area contributed by atoms with Crippen LogP contribution in [0.3, 0.4) is 0 Å². The van der Waals surface area contributed by atoms with Crippen molar-refractivity contribution in [1.82, 2.24) is 4.98 Å². The first kappa shape index (κ1) is 20.0. The fourth-order valence-corrected chi connectivity index (χ4v) is 2.27. The molecule has 21 heavy (non-hydrogen) atoms. The summed E-state index contributed by atoms with van der Waals surface area (Å²) in [5.41, 5.74) is 6.51. The van der Waals surface area contributed by atoms with Gasteiger partial charge >= 0.3 is 0 Å². The van der Waals surface area contributed by atoms with Crippen molar-refractivity contribution in [3.05, 3.63) is 18.3 Å². The maximum Gasteiger partial charge on any atom is 0.225 e. The number of nitrogens with zero attached hydrogens (tertiary/aromatic N) is 2. The molecule has 0 unspecified atom stereocenters. The van der Waals surface area contributed by atoms with Gasteiger partial charge in [-0.3, -0.25) is 4.79 Å². The normalized spacial score (nSPS) is 13.9. The molecule has 0 spiro atoms. The molecule has 0 aliphatic carbocycles. The van der Waals surface area contributed by atoms with Gasteiger partial charge < -0.3 is 16.0 Å². The van der Waals surface area contributed by atoms with Crippen molar-refractivity contribution in [2.75, 3.05) is 29.9 Å². The van der Waals surface area contributed by atoms with E-state index in [9.17, 15) is 4.79 Å².